The Kier molecular flexibility index (Phi) is 7.16. The predicted molar refractivity (Wildman–Crippen MR) is 108 cm³/mol. The lowest BCUT2D eigenvalue weighted by atomic mass is 10.0. The number of hydrogen-bond acceptors (Lipinski definition) is 2. The number of carbonyl (C=O) groups is 1. The molecule has 28 heavy (non-hydrogen) atoms. The number of rotatable bonds is 7. The molecule has 2 rings (SSSR count). The monoisotopic (exact) mass is 392 g/mol. The fourth-order valence-electron chi connectivity index (χ4n) is 2.87. The van der Waals surface area contributed by atoms with Crippen molar-refractivity contribution >= 4 is 11.7 Å². The molecule has 154 valence electrons. The van der Waals surface area contributed by atoms with Gasteiger partial charge < -0.3 is 10.6 Å². The lowest BCUT2D eigenvalue weighted by molar-refractivity contribution is 0.240. The maximum Gasteiger partial charge on any atom is 0.319 e. The van der Waals surface area contributed by atoms with E-state index in [4.69, 9.17) is 5.10 Å². The fourth-order valence-corrected chi connectivity index (χ4v) is 2.87. The van der Waals surface area contributed by atoms with Crippen molar-refractivity contribution in [3.05, 3.63) is 47.3 Å². The van der Waals surface area contributed by atoms with Gasteiger partial charge in [-0.3, -0.25) is 4.68 Å². The number of amides is 2. The summed E-state index contributed by atoms with van der Waals surface area (Å²) < 4.78 is 28.8. The van der Waals surface area contributed by atoms with Crippen molar-refractivity contribution < 1.29 is 13.6 Å². The third-order valence-corrected chi connectivity index (χ3v) is 4.68. The van der Waals surface area contributed by atoms with Crippen molar-refractivity contribution in [2.24, 2.45) is 5.92 Å². The molecule has 1 aromatic carbocycles. The minimum atomic E-state index is -0.813. The van der Waals surface area contributed by atoms with Gasteiger partial charge in [0.25, 0.3) is 0 Å². The van der Waals surface area contributed by atoms with Gasteiger partial charge in [0.1, 0.15) is 11.6 Å². The Hall–Kier alpha value is -2.44. The van der Waals surface area contributed by atoms with Crippen molar-refractivity contribution in [2.75, 3.05) is 5.32 Å². The third-order valence-electron chi connectivity index (χ3n) is 4.68. The normalized spacial score (nSPS) is 12.7. The Labute approximate surface area is 165 Å². The Morgan fingerprint density at radius 3 is 2.29 bits per heavy atom. The molecule has 1 atom stereocenters. The van der Waals surface area contributed by atoms with Crippen LogP contribution in [0.15, 0.2) is 24.3 Å². The molecule has 2 aromatic rings. The molecule has 1 heterocycles. The van der Waals surface area contributed by atoms with E-state index >= 15 is 0 Å². The standard InChI is InChI=1S/C21H30F2N4O/c1-12(2)18-10-20(14(5)6)27(26-18)11-19(13(3)4)25-21(28)24-17-8-7-15(22)9-16(17)23/h7-10,12-14,19H,11H2,1-6H3,(H2,24,25,28)/t19-/m0/s1. The molecule has 0 radical (unpaired) electrons. The zero-order chi connectivity index (χ0) is 21.0. The molecule has 1 aromatic heterocycles. The molecule has 2 amide bonds. The maximum atomic E-state index is 13.8. The van der Waals surface area contributed by atoms with Gasteiger partial charge in [-0.1, -0.05) is 41.5 Å². The summed E-state index contributed by atoms with van der Waals surface area (Å²) >= 11 is 0. The minimum Gasteiger partial charge on any atom is -0.333 e. The first-order chi connectivity index (χ1) is 13.1. The molecule has 0 bridgehead atoms. The highest BCUT2D eigenvalue weighted by Crippen LogP contribution is 2.22. The number of hydrogen-bond donors (Lipinski definition) is 2. The number of nitrogens with zero attached hydrogens (tertiary/aromatic N) is 2. The summed E-state index contributed by atoms with van der Waals surface area (Å²) in [4.78, 5) is 12.4. The van der Waals surface area contributed by atoms with E-state index in [2.05, 4.69) is 44.4 Å². The number of halogens is 2. The summed E-state index contributed by atoms with van der Waals surface area (Å²) in [6.45, 7) is 12.9. The van der Waals surface area contributed by atoms with Gasteiger partial charge in [-0.2, -0.15) is 5.10 Å². The number of benzene rings is 1. The highest BCUT2D eigenvalue weighted by atomic mass is 19.1. The molecule has 5 nitrogen and oxygen atoms in total. The zero-order valence-electron chi connectivity index (χ0n) is 17.4. The lowest BCUT2D eigenvalue weighted by Crippen LogP contribution is -2.44. The van der Waals surface area contributed by atoms with Gasteiger partial charge in [-0.25, -0.2) is 13.6 Å². The van der Waals surface area contributed by atoms with Crippen molar-refractivity contribution in [3.8, 4) is 0 Å². The second-order valence-electron chi connectivity index (χ2n) is 8.06. The number of aromatic nitrogens is 2. The number of nitrogens with one attached hydrogen (secondary N) is 2. The molecule has 0 aliphatic heterocycles. The second kappa shape index (κ2) is 9.17. The van der Waals surface area contributed by atoms with Crippen LogP contribution in [0.4, 0.5) is 19.3 Å². The summed E-state index contributed by atoms with van der Waals surface area (Å²) in [5.74, 6) is -0.754. The van der Waals surface area contributed by atoms with Gasteiger partial charge in [-0.15, -0.1) is 0 Å². The van der Waals surface area contributed by atoms with Crippen LogP contribution in [0.3, 0.4) is 0 Å². The largest absolute Gasteiger partial charge is 0.333 e. The van der Waals surface area contributed by atoms with Crippen molar-refractivity contribution in [3.63, 3.8) is 0 Å². The van der Waals surface area contributed by atoms with Crippen LogP contribution in [0.25, 0.3) is 0 Å². The van der Waals surface area contributed by atoms with Crippen LogP contribution in [0, 0.1) is 17.6 Å². The Balaban J connectivity index is 2.14. The van der Waals surface area contributed by atoms with Crippen LogP contribution >= 0.6 is 0 Å². The van der Waals surface area contributed by atoms with Gasteiger partial charge in [0, 0.05) is 11.8 Å². The van der Waals surface area contributed by atoms with Gasteiger partial charge >= 0.3 is 6.03 Å². The molecular weight excluding hydrogens is 362 g/mol. The Morgan fingerprint density at radius 2 is 1.75 bits per heavy atom. The average molecular weight is 392 g/mol. The first-order valence-corrected chi connectivity index (χ1v) is 9.68. The molecule has 0 spiro atoms. The van der Waals surface area contributed by atoms with Gasteiger partial charge in [0.2, 0.25) is 0 Å². The minimum absolute atomic E-state index is 0.0644. The van der Waals surface area contributed by atoms with E-state index in [1.807, 2.05) is 18.5 Å². The number of carbonyl (C=O) groups excluding carboxylic acids is 1. The summed E-state index contributed by atoms with van der Waals surface area (Å²) in [7, 11) is 0. The Bertz CT molecular complexity index is 815. The van der Waals surface area contributed by atoms with Gasteiger partial charge in [-0.05, 0) is 36.0 Å². The fraction of sp³-hybridized carbons (Fsp3) is 0.524. The van der Waals surface area contributed by atoms with Crippen LogP contribution in [-0.4, -0.2) is 21.9 Å². The molecule has 0 aliphatic carbocycles. The molecule has 0 aliphatic rings. The van der Waals surface area contributed by atoms with Crippen LogP contribution in [0.2, 0.25) is 0 Å². The number of urea groups is 1. The highest BCUT2D eigenvalue weighted by Gasteiger charge is 2.21. The molecule has 0 saturated carbocycles. The van der Waals surface area contributed by atoms with E-state index in [1.165, 1.54) is 6.07 Å². The summed E-state index contributed by atoms with van der Waals surface area (Å²) in [5.41, 5.74) is 2.07. The quantitative estimate of drug-likeness (QED) is 0.676. The Morgan fingerprint density at radius 1 is 1.07 bits per heavy atom. The van der Waals surface area contributed by atoms with Crippen LogP contribution < -0.4 is 10.6 Å². The van der Waals surface area contributed by atoms with E-state index in [9.17, 15) is 13.6 Å². The number of anilines is 1. The molecule has 2 N–H and O–H groups in total. The topological polar surface area (TPSA) is 59.0 Å². The third kappa shape index (κ3) is 5.53. The first kappa shape index (κ1) is 21.9. The van der Waals surface area contributed by atoms with E-state index < -0.39 is 17.7 Å². The smallest absolute Gasteiger partial charge is 0.319 e. The SMILES string of the molecule is CC(C)c1cc(C(C)C)n(C[C@H](NC(=O)Nc2ccc(F)cc2F)C(C)C)n1. The zero-order valence-corrected chi connectivity index (χ0v) is 17.4. The lowest BCUT2D eigenvalue weighted by Gasteiger charge is -2.24. The molecule has 7 heteroatoms. The highest BCUT2D eigenvalue weighted by molar-refractivity contribution is 5.89. The molecule has 0 fully saturated rings. The predicted octanol–water partition coefficient (Wildman–Crippen LogP) is 5.25. The maximum absolute atomic E-state index is 13.8. The second-order valence-corrected chi connectivity index (χ2v) is 8.06. The summed E-state index contributed by atoms with van der Waals surface area (Å²) in [6.07, 6.45) is 0. The van der Waals surface area contributed by atoms with Gasteiger partial charge in [0.05, 0.1) is 24.0 Å². The van der Waals surface area contributed by atoms with Gasteiger partial charge in [0.15, 0.2) is 0 Å². The van der Waals surface area contributed by atoms with E-state index in [1.54, 1.807) is 0 Å². The molecule has 0 saturated heterocycles. The van der Waals surface area contributed by atoms with Crippen molar-refractivity contribution in [1.29, 1.82) is 0 Å². The van der Waals surface area contributed by atoms with E-state index in [0.29, 0.717) is 18.4 Å². The summed E-state index contributed by atoms with van der Waals surface area (Å²) in [6, 6.07) is 4.41. The summed E-state index contributed by atoms with van der Waals surface area (Å²) in [5, 5.41) is 10.0. The van der Waals surface area contributed by atoms with Crippen molar-refractivity contribution in [2.45, 2.75) is 66.0 Å². The van der Waals surface area contributed by atoms with Crippen LogP contribution in [0.5, 0.6) is 0 Å². The van der Waals surface area contributed by atoms with E-state index in [0.717, 1.165) is 23.5 Å². The van der Waals surface area contributed by atoms with E-state index in [-0.39, 0.29) is 17.6 Å². The molecular formula is C21H30F2N4O. The van der Waals surface area contributed by atoms with Crippen LogP contribution in [-0.2, 0) is 6.54 Å². The molecule has 0 unspecified atom stereocenters. The van der Waals surface area contributed by atoms with Crippen LogP contribution in [0.1, 0.15) is 64.8 Å². The first-order valence-electron chi connectivity index (χ1n) is 9.68. The van der Waals surface area contributed by atoms with Crippen molar-refractivity contribution in [1.82, 2.24) is 15.1 Å². The average Bonchev–Trinajstić information content (AvgIpc) is 3.01.